The van der Waals surface area contributed by atoms with E-state index in [0.29, 0.717) is 16.3 Å². The van der Waals surface area contributed by atoms with Crippen molar-refractivity contribution >= 4 is 23.5 Å². The molecule has 0 fully saturated rings. The summed E-state index contributed by atoms with van der Waals surface area (Å²) in [5.74, 6) is -0.259. The van der Waals surface area contributed by atoms with E-state index in [9.17, 15) is 9.59 Å². The predicted molar refractivity (Wildman–Crippen MR) is 75.9 cm³/mol. The van der Waals surface area contributed by atoms with Crippen molar-refractivity contribution in [2.24, 2.45) is 0 Å². The molecule has 110 valence electrons. The quantitative estimate of drug-likeness (QED) is 0.844. The van der Waals surface area contributed by atoms with E-state index in [1.54, 1.807) is 32.0 Å². The Hall–Kier alpha value is -1.75. The summed E-state index contributed by atoms with van der Waals surface area (Å²) in [6, 6.07) is 5.03. The topological polar surface area (TPSA) is 64.6 Å². The van der Waals surface area contributed by atoms with E-state index in [2.05, 4.69) is 10.1 Å². The van der Waals surface area contributed by atoms with Crippen LogP contribution >= 0.6 is 11.6 Å². The lowest BCUT2D eigenvalue weighted by Crippen LogP contribution is -2.50. The van der Waals surface area contributed by atoms with Gasteiger partial charge < -0.3 is 14.8 Å². The van der Waals surface area contributed by atoms with Crippen molar-refractivity contribution in [2.45, 2.75) is 25.8 Å². The summed E-state index contributed by atoms with van der Waals surface area (Å²) in [4.78, 5) is 23.5. The number of nitrogens with one attached hydrogen (secondary N) is 1. The molecule has 0 aromatic heterocycles. The highest BCUT2D eigenvalue weighted by atomic mass is 35.5. The van der Waals surface area contributed by atoms with Crippen LogP contribution in [0.1, 0.15) is 19.4 Å². The molecule has 6 heteroatoms. The zero-order chi connectivity index (χ0) is 15.3. The molecule has 0 bridgehead atoms. The molecule has 0 aliphatic heterocycles. The van der Waals surface area contributed by atoms with Crippen molar-refractivity contribution in [3.63, 3.8) is 0 Å². The van der Waals surface area contributed by atoms with E-state index >= 15 is 0 Å². The van der Waals surface area contributed by atoms with E-state index in [-0.39, 0.29) is 12.3 Å². The molecule has 1 aromatic rings. The van der Waals surface area contributed by atoms with E-state index in [1.807, 2.05) is 0 Å². The molecule has 0 heterocycles. The minimum absolute atomic E-state index is 0.0597. The van der Waals surface area contributed by atoms with Crippen LogP contribution in [0.5, 0.6) is 5.75 Å². The van der Waals surface area contributed by atoms with Gasteiger partial charge in [0.15, 0.2) is 0 Å². The third-order valence-electron chi connectivity index (χ3n) is 2.74. The molecule has 0 saturated heterocycles. The average molecular weight is 300 g/mol. The van der Waals surface area contributed by atoms with Crippen molar-refractivity contribution in [3.8, 4) is 5.75 Å². The third kappa shape index (κ3) is 4.13. The molecule has 0 unspecified atom stereocenters. The molecule has 1 N–H and O–H groups in total. The van der Waals surface area contributed by atoms with Gasteiger partial charge in [0.1, 0.15) is 11.3 Å². The fraction of sp³-hybridized carbons (Fsp3) is 0.429. The molecule has 0 saturated carbocycles. The van der Waals surface area contributed by atoms with Crippen molar-refractivity contribution < 1.29 is 19.1 Å². The fourth-order valence-electron chi connectivity index (χ4n) is 1.76. The number of carbonyl (C=O) groups excluding carboxylic acids is 2. The van der Waals surface area contributed by atoms with Crippen LogP contribution in [0.25, 0.3) is 0 Å². The standard InChI is InChI=1S/C14H18ClNO4/c1-14(2,13(18)20-4)16-12(17)8-9-7-10(15)5-6-11(9)19-3/h5-7H,8H2,1-4H3,(H,16,17). The Bertz CT molecular complexity index is 514. The summed E-state index contributed by atoms with van der Waals surface area (Å²) in [5, 5.41) is 3.13. The van der Waals surface area contributed by atoms with Crippen LogP contribution in [0.15, 0.2) is 18.2 Å². The number of methoxy groups -OCH3 is 2. The Morgan fingerprint density at radius 3 is 2.50 bits per heavy atom. The first-order valence-electron chi connectivity index (χ1n) is 6.02. The summed E-state index contributed by atoms with van der Waals surface area (Å²) in [6.45, 7) is 3.15. The number of halogens is 1. The Morgan fingerprint density at radius 2 is 1.95 bits per heavy atom. The zero-order valence-electron chi connectivity index (χ0n) is 12.0. The normalized spacial score (nSPS) is 10.8. The van der Waals surface area contributed by atoms with Crippen molar-refractivity contribution in [1.29, 1.82) is 0 Å². The first-order valence-corrected chi connectivity index (χ1v) is 6.40. The summed E-state index contributed by atoms with van der Waals surface area (Å²) in [6.07, 6.45) is 0.0597. The van der Waals surface area contributed by atoms with Gasteiger partial charge in [-0.05, 0) is 32.0 Å². The molecular formula is C14H18ClNO4. The van der Waals surface area contributed by atoms with Gasteiger partial charge in [-0.15, -0.1) is 0 Å². The van der Waals surface area contributed by atoms with E-state index in [0.717, 1.165) is 0 Å². The van der Waals surface area contributed by atoms with E-state index in [4.69, 9.17) is 16.3 Å². The maximum Gasteiger partial charge on any atom is 0.330 e. The monoisotopic (exact) mass is 299 g/mol. The Kier molecular flexibility index (Phi) is 5.39. The van der Waals surface area contributed by atoms with Crippen LogP contribution in [0.4, 0.5) is 0 Å². The summed E-state index contributed by atoms with van der Waals surface area (Å²) in [5.41, 5.74) is -0.435. The van der Waals surface area contributed by atoms with Crippen LogP contribution in [0.2, 0.25) is 5.02 Å². The number of amides is 1. The van der Waals surface area contributed by atoms with Gasteiger partial charge in [0.2, 0.25) is 5.91 Å². The number of benzene rings is 1. The van der Waals surface area contributed by atoms with Gasteiger partial charge in [0.25, 0.3) is 0 Å². The second-order valence-electron chi connectivity index (χ2n) is 4.80. The van der Waals surface area contributed by atoms with Gasteiger partial charge in [-0.1, -0.05) is 11.6 Å². The molecule has 0 spiro atoms. The maximum absolute atomic E-state index is 12.0. The van der Waals surface area contributed by atoms with E-state index < -0.39 is 11.5 Å². The van der Waals surface area contributed by atoms with Crippen molar-refractivity contribution in [3.05, 3.63) is 28.8 Å². The second kappa shape index (κ2) is 6.61. The highest BCUT2D eigenvalue weighted by Crippen LogP contribution is 2.23. The maximum atomic E-state index is 12.0. The first-order chi connectivity index (χ1) is 9.30. The van der Waals surface area contributed by atoms with Crippen molar-refractivity contribution in [2.75, 3.05) is 14.2 Å². The molecule has 0 radical (unpaired) electrons. The first kappa shape index (κ1) is 16.3. The molecule has 1 rings (SSSR count). The largest absolute Gasteiger partial charge is 0.496 e. The number of rotatable bonds is 5. The molecule has 1 amide bonds. The number of carbonyl (C=O) groups is 2. The van der Waals surface area contributed by atoms with Crippen molar-refractivity contribution in [1.82, 2.24) is 5.32 Å². The lowest BCUT2D eigenvalue weighted by molar-refractivity contribution is -0.149. The molecule has 20 heavy (non-hydrogen) atoms. The van der Waals surface area contributed by atoms with Gasteiger partial charge >= 0.3 is 5.97 Å². The zero-order valence-corrected chi connectivity index (χ0v) is 12.7. The number of hydrogen-bond acceptors (Lipinski definition) is 4. The van der Waals surface area contributed by atoms with Gasteiger partial charge in [-0.3, -0.25) is 4.79 Å². The number of esters is 1. The molecule has 5 nitrogen and oxygen atoms in total. The fourth-order valence-corrected chi connectivity index (χ4v) is 1.95. The van der Waals surface area contributed by atoms with E-state index in [1.165, 1.54) is 14.2 Å². The Balaban J connectivity index is 2.81. The lowest BCUT2D eigenvalue weighted by atomic mass is 10.0. The molecule has 0 aliphatic carbocycles. The Morgan fingerprint density at radius 1 is 1.30 bits per heavy atom. The van der Waals surface area contributed by atoms with Crippen LogP contribution in [0, 0.1) is 0 Å². The van der Waals surface area contributed by atoms with Gasteiger partial charge in [-0.25, -0.2) is 4.79 Å². The molecular weight excluding hydrogens is 282 g/mol. The number of hydrogen-bond donors (Lipinski definition) is 1. The third-order valence-corrected chi connectivity index (χ3v) is 2.98. The molecule has 0 atom stereocenters. The van der Waals surface area contributed by atoms with Crippen LogP contribution in [0.3, 0.4) is 0 Å². The highest BCUT2D eigenvalue weighted by Gasteiger charge is 2.30. The predicted octanol–water partition coefficient (Wildman–Crippen LogP) is 1.96. The highest BCUT2D eigenvalue weighted by molar-refractivity contribution is 6.30. The summed E-state index contributed by atoms with van der Waals surface area (Å²) < 4.78 is 9.80. The smallest absolute Gasteiger partial charge is 0.330 e. The summed E-state index contributed by atoms with van der Waals surface area (Å²) >= 11 is 5.90. The van der Waals surface area contributed by atoms with Gasteiger partial charge in [-0.2, -0.15) is 0 Å². The lowest BCUT2D eigenvalue weighted by Gasteiger charge is -2.23. The molecule has 1 aromatic carbocycles. The second-order valence-corrected chi connectivity index (χ2v) is 5.23. The number of ether oxygens (including phenoxy) is 2. The van der Waals surface area contributed by atoms with Gasteiger partial charge in [0, 0.05) is 10.6 Å². The van der Waals surface area contributed by atoms with Crippen LogP contribution in [-0.4, -0.2) is 31.6 Å². The minimum atomic E-state index is -1.09. The Labute approximate surface area is 123 Å². The molecule has 0 aliphatic rings. The minimum Gasteiger partial charge on any atom is -0.496 e. The SMILES string of the molecule is COC(=O)C(C)(C)NC(=O)Cc1cc(Cl)ccc1OC. The van der Waals surface area contributed by atoms with Gasteiger partial charge in [0.05, 0.1) is 20.6 Å². The average Bonchev–Trinajstić information content (AvgIpc) is 2.37. The van der Waals surface area contributed by atoms with Crippen LogP contribution in [-0.2, 0) is 20.7 Å². The summed E-state index contributed by atoms with van der Waals surface area (Å²) in [7, 11) is 2.79. The van der Waals surface area contributed by atoms with Crippen LogP contribution < -0.4 is 10.1 Å².